The number of methoxy groups -OCH3 is 1. The Balaban J connectivity index is 1.34. The number of aromatic nitrogens is 4. The van der Waals surface area contributed by atoms with Crippen molar-refractivity contribution in [3.05, 3.63) is 98.7 Å². The number of nitrogens with one attached hydrogen (secondary N) is 2. The van der Waals surface area contributed by atoms with Gasteiger partial charge in [0.25, 0.3) is 14.2 Å². The van der Waals surface area contributed by atoms with Crippen molar-refractivity contribution in [1.82, 2.24) is 20.0 Å². The number of rotatable bonds is 13. The number of carbonyl (C=O) groups excluding carboxylic acids is 2. The maximum atomic E-state index is 13.1. The fourth-order valence-corrected chi connectivity index (χ4v) is 11.4. The quantitative estimate of drug-likeness (QED) is 0.128. The normalized spacial score (nSPS) is 12.4. The number of benzene rings is 2. The highest BCUT2D eigenvalue weighted by Gasteiger charge is 2.51. The molecule has 13 nitrogen and oxygen atoms in total. The first-order valence-electron chi connectivity index (χ1n) is 15.1. The molecule has 2 aromatic carbocycles. The standard InChI is InChI=1S/C33H35IN6O7SSi/c1-21(41)36-27-16-17-35-40(27)32-39-38-31(48-32)37-29(42)26-18-25(34)28(30(43)46-26)45-20-22(19-44-5)47-49(33(2,3)4,23-12-8-6-9-13-23)24-14-10-7-11-15-24/h6-18,22H,19-20H2,1-5H3,(H,36,41)(H,37,38,42). The summed E-state index contributed by atoms with van der Waals surface area (Å²) in [6.07, 6.45) is 0.937. The Morgan fingerprint density at radius 2 is 1.65 bits per heavy atom. The predicted molar refractivity (Wildman–Crippen MR) is 197 cm³/mol. The summed E-state index contributed by atoms with van der Waals surface area (Å²) in [6.45, 7) is 8.10. The molecule has 5 aromatic rings. The van der Waals surface area contributed by atoms with Crippen molar-refractivity contribution in [3.8, 4) is 10.9 Å². The van der Waals surface area contributed by atoms with E-state index in [1.165, 1.54) is 23.9 Å². The monoisotopic (exact) mass is 814 g/mol. The maximum Gasteiger partial charge on any atom is 0.380 e. The molecular weight excluding hydrogens is 779 g/mol. The van der Waals surface area contributed by atoms with Crippen LogP contribution in [-0.4, -0.2) is 66.5 Å². The minimum atomic E-state index is -2.95. The van der Waals surface area contributed by atoms with Crippen LogP contribution in [0.1, 0.15) is 38.2 Å². The molecule has 3 aromatic heterocycles. The van der Waals surface area contributed by atoms with Gasteiger partial charge in [-0.15, -0.1) is 10.2 Å². The van der Waals surface area contributed by atoms with Crippen LogP contribution >= 0.6 is 33.9 Å². The van der Waals surface area contributed by atoms with Crippen LogP contribution in [0.15, 0.2) is 88.2 Å². The number of hydrogen-bond acceptors (Lipinski definition) is 11. The number of hydrogen-bond donors (Lipinski definition) is 2. The van der Waals surface area contributed by atoms with E-state index in [1.807, 2.05) is 59.0 Å². The summed E-state index contributed by atoms with van der Waals surface area (Å²) in [7, 11) is -1.36. The first-order chi connectivity index (χ1) is 23.4. The Labute approximate surface area is 301 Å². The Morgan fingerprint density at radius 1 is 1.00 bits per heavy atom. The summed E-state index contributed by atoms with van der Waals surface area (Å²) in [5.41, 5.74) is -0.826. The molecule has 0 saturated carbocycles. The number of nitrogens with zero attached hydrogens (tertiary/aromatic N) is 4. The molecular formula is C33H35IN6O7SSi. The molecule has 1 atom stereocenters. The van der Waals surface area contributed by atoms with Gasteiger partial charge in [-0.3, -0.25) is 14.9 Å². The third-order valence-electron chi connectivity index (χ3n) is 7.38. The second-order valence-corrected chi connectivity index (χ2v) is 18.3. The summed E-state index contributed by atoms with van der Waals surface area (Å²) in [6, 6.07) is 23.4. The summed E-state index contributed by atoms with van der Waals surface area (Å²) in [5, 5.41) is 19.7. The lowest BCUT2D eigenvalue weighted by atomic mass is 10.2. The van der Waals surface area contributed by atoms with Gasteiger partial charge < -0.3 is 23.6 Å². The number of anilines is 2. The Hall–Kier alpha value is -4.23. The van der Waals surface area contributed by atoms with Crippen LogP contribution in [-0.2, 0) is 14.0 Å². The molecule has 0 aliphatic heterocycles. The van der Waals surface area contributed by atoms with Crippen molar-refractivity contribution >= 4 is 75.4 Å². The SMILES string of the molecule is COCC(COc1c(I)cc(C(=O)Nc2nnc(-n3nccc3NC(C)=O)s2)oc1=O)O[Si](c1ccccc1)(c1ccccc1)C(C)(C)C. The van der Waals surface area contributed by atoms with Crippen LogP contribution in [0.5, 0.6) is 5.75 Å². The van der Waals surface area contributed by atoms with E-state index in [2.05, 4.69) is 71.0 Å². The van der Waals surface area contributed by atoms with E-state index in [0.29, 0.717) is 14.5 Å². The molecule has 0 aliphatic carbocycles. The Bertz CT molecular complexity index is 1920. The molecule has 0 spiro atoms. The molecule has 256 valence electrons. The van der Waals surface area contributed by atoms with Gasteiger partial charge in [0.1, 0.15) is 18.5 Å². The van der Waals surface area contributed by atoms with E-state index in [0.717, 1.165) is 21.7 Å². The molecule has 49 heavy (non-hydrogen) atoms. The molecule has 5 rings (SSSR count). The zero-order valence-electron chi connectivity index (χ0n) is 27.4. The summed E-state index contributed by atoms with van der Waals surface area (Å²) in [5.74, 6) is -0.889. The van der Waals surface area contributed by atoms with Crippen LogP contribution in [0.3, 0.4) is 0 Å². The van der Waals surface area contributed by atoms with Crippen LogP contribution < -0.4 is 31.4 Å². The Kier molecular flexibility index (Phi) is 11.4. The van der Waals surface area contributed by atoms with Crippen molar-refractivity contribution < 1.29 is 27.9 Å². The van der Waals surface area contributed by atoms with Crippen molar-refractivity contribution in [2.24, 2.45) is 0 Å². The highest BCUT2D eigenvalue weighted by Crippen LogP contribution is 2.37. The van der Waals surface area contributed by atoms with Gasteiger partial charge in [-0.2, -0.15) is 9.78 Å². The average molecular weight is 815 g/mol. The number of carbonyl (C=O) groups is 2. The fraction of sp³-hybridized carbons (Fsp3) is 0.273. The summed E-state index contributed by atoms with van der Waals surface area (Å²) >= 11 is 2.94. The van der Waals surface area contributed by atoms with Gasteiger partial charge >= 0.3 is 5.63 Å². The number of halogens is 1. The molecule has 0 radical (unpaired) electrons. The molecule has 1 unspecified atom stereocenters. The fourth-order valence-electron chi connectivity index (χ4n) is 5.35. The molecule has 0 bridgehead atoms. The van der Waals surface area contributed by atoms with Gasteiger partial charge in [-0.1, -0.05) is 92.8 Å². The van der Waals surface area contributed by atoms with Gasteiger partial charge in [0.2, 0.25) is 21.9 Å². The van der Waals surface area contributed by atoms with Crippen LogP contribution in [0, 0.1) is 3.57 Å². The van der Waals surface area contributed by atoms with Gasteiger partial charge in [0, 0.05) is 26.2 Å². The highest BCUT2D eigenvalue weighted by atomic mass is 127. The second-order valence-electron chi connectivity index (χ2n) is 11.9. The van der Waals surface area contributed by atoms with Gasteiger partial charge in [0.15, 0.2) is 5.76 Å². The number of amides is 2. The molecule has 3 heterocycles. The van der Waals surface area contributed by atoms with Gasteiger partial charge in [-0.05, 0) is 38.0 Å². The first-order valence-corrected chi connectivity index (χ1v) is 18.9. The third kappa shape index (κ3) is 8.15. The van der Waals surface area contributed by atoms with Crippen LogP contribution in [0.2, 0.25) is 5.04 Å². The zero-order valence-corrected chi connectivity index (χ0v) is 31.4. The summed E-state index contributed by atoms with van der Waals surface area (Å²) in [4.78, 5) is 37.7. The minimum Gasteiger partial charge on any atom is -0.483 e. The smallest absolute Gasteiger partial charge is 0.380 e. The van der Waals surface area contributed by atoms with E-state index in [-0.39, 0.29) is 40.8 Å². The molecule has 2 amide bonds. The third-order valence-corrected chi connectivity index (χ3v) is 14.1. The maximum absolute atomic E-state index is 13.1. The topological polar surface area (TPSA) is 160 Å². The van der Waals surface area contributed by atoms with E-state index in [9.17, 15) is 14.4 Å². The molecule has 0 saturated heterocycles. The first kappa shape index (κ1) is 36.1. The van der Waals surface area contributed by atoms with Crippen LogP contribution in [0.25, 0.3) is 5.13 Å². The van der Waals surface area contributed by atoms with E-state index < -0.39 is 26.0 Å². The largest absolute Gasteiger partial charge is 0.483 e. The highest BCUT2D eigenvalue weighted by molar-refractivity contribution is 14.1. The van der Waals surface area contributed by atoms with Gasteiger partial charge in [0.05, 0.1) is 16.4 Å². The van der Waals surface area contributed by atoms with Crippen LogP contribution in [0.4, 0.5) is 10.9 Å². The van der Waals surface area contributed by atoms with E-state index >= 15 is 0 Å². The van der Waals surface area contributed by atoms with E-state index in [1.54, 1.807) is 13.2 Å². The molecule has 2 N–H and O–H groups in total. The molecule has 16 heteroatoms. The summed E-state index contributed by atoms with van der Waals surface area (Å²) < 4.78 is 25.9. The van der Waals surface area contributed by atoms with Crippen molar-refractivity contribution in [2.75, 3.05) is 31.0 Å². The van der Waals surface area contributed by atoms with Crippen molar-refractivity contribution in [3.63, 3.8) is 0 Å². The second kappa shape index (κ2) is 15.5. The number of ether oxygens (including phenoxy) is 2. The molecule has 0 aliphatic rings. The Morgan fingerprint density at radius 3 is 2.22 bits per heavy atom. The lowest BCUT2D eigenvalue weighted by Gasteiger charge is -2.45. The van der Waals surface area contributed by atoms with Gasteiger partial charge in [-0.25, -0.2) is 4.79 Å². The predicted octanol–water partition coefficient (Wildman–Crippen LogP) is 4.46. The lowest BCUT2D eigenvalue weighted by molar-refractivity contribution is -0.114. The van der Waals surface area contributed by atoms with E-state index in [4.69, 9.17) is 18.3 Å². The molecule has 0 fully saturated rings. The zero-order chi connectivity index (χ0) is 35.2. The average Bonchev–Trinajstić information content (AvgIpc) is 3.72. The minimum absolute atomic E-state index is 0.00783. The lowest BCUT2D eigenvalue weighted by Crippen LogP contribution is -2.68. The van der Waals surface area contributed by atoms with Crippen molar-refractivity contribution in [2.45, 2.75) is 38.8 Å². The van der Waals surface area contributed by atoms with Crippen molar-refractivity contribution in [1.29, 1.82) is 0 Å².